The van der Waals surface area contributed by atoms with Crippen LogP contribution in [0.2, 0.25) is 0 Å². The molecule has 0 atom stereocenters. The lowest BCUT2D eigenvalue weighted by Crippen LogP contribution is -2.33. The Balaban J connectivity index is 1.36. The third-order valence-corrected chi connectivity index (χ3v) is 7.23. The van der Waals surface area contributed by atoms with Gasteiger partial charge in [0.15, 0.2) is 0 Å². The van der Waals surface area contributed by atoms with E-state index in [9.17, 15) is 15.0 Å². The summed E-state index contributed by atoms with van der Waals surface area (Å²) in [6.45, 7) is 1.98. The molecule has 34 heavy (non-hydrogen) atoms. The summed E-state index contributed by atoms with van der Waals surface area (Å²) in [7, 11) is 0. The Hall–Kier alpha value is -3.70. The molecule has 4 aromatic heterocycles. The number of hydrogen-bond donors (Lipinski definition) is 4. The van der Waals surface area contributed by atoms with Crippen LogP contribution in [0.15, 0.2) is 42.9 Å². The molecule has 4 heterocycles. The maximum atomic E-state index is 11.2. The van der Waals surface area contributed by atoms with Crippen LogP contribution in [-0.4, -0.2) is 46.5 Å². The number of aryl methyl sites for hydroxylation is 1. The molecule has 1 aliphatic rings. The Morgan fingerprint density at radius 3 is 2.71 bits per heavy atom. The Kier molecular flexibility index (Phi) is 5.80. The van der Waals surface area contributed by atoms with Crippen molar-refractivity contribution >= 4 is 28.9 Å². The topological polar surface area (TPSA) is 150 Å². The number of pyridine rings is 2. The summed E-state index contributed by atoms with van der Waals surface area (Å²) >= 11 is 1.39. The van der Waals surface area contributed by atoms with E-state index < -0.39 is 17.5 Å². The lowest BCUT2D eigenvalue weighted by atomic mass is 9.79. The van der Waals surface area contributed by atoms with E-state index in [0.717, 1.165) is 27.4 Å². The fourth-order valence-corrected chi connectivity index (χ4v) is 5.17. The molecule has 0 aliphatic heterocycles. The number of rotatable bonds is 6. The molecule has 0 amide bonds. The summed E-state index contributed by atoms with van der Waals surface area (Å²) in [4.78, 5) is 25.7. The standard InChI is InChI=1S/C23H23N7O3S/c1-13-8-16(18-12-25-22(34-18)23(33)5-2-14(3-6-23)21(31)32)27-20(9-13)28-19-10-15(4-7-24-19)17-11-26-30-29-17/h4,7-12,14,33H,2-3,5-6H2,1H3,(H,31,32)(H,24,27,28)(H,26,29,30). The minimum Gasteiger partial charge on any atom is -0.481 e. The van der Waals surface area contributed by atoms with Crippen molar-refractivity contribution in [3.63, 3.8) is 0 Å². The summed E-state index contributed by atoms with van der Waals surface area (Å²) in [5, 5.41) is 34.7. The average Bonchev–Trinajstić information content (AvgIpc) is 3.52. The average molecular weight is 478 g/mol. The maximum Gasteiger partial charge on any atom is 0.306 e. The van der Waals surface area contributed by atoms with E-state index >= 15 is 0 Å². The number of carbonyl (C=O) groups is 1. The molecule has 10 nitrogen and oxygen atoms in total. The quantitative estimate of drug-likeness (QED) is 0.324. The van der Waals surface area contributed by atoms with E-state index in [2.05, 4.69) is 30.7 Å². The van der Waals surface area contributed by atoms with E-state index in [4.69, 9.17) is 4.98 Å². The van der Waals surface area contributed by atoms with Gasteiger partial charge in [-0.15, -0.1) is 11.3 Å². The van der Waals surface area contributed by atoms with Crippen LogP contribution in [-0.2, 0) is 10.4 Å². The van der Waals surface area contributed by atoms with Gasteiger partial charge in [-0.25, -0.2) is 15.0 Å². The van der Waals surface area contributed by atoms with E-state index in [0.29, 0.717) is 42.3 Å². The molecule has 0 saturated heterocycles. The SMILES string of the molecule is Cc1cc(Nc2cc(-c3cn[nH]n3)ccn2)nc(-c2cnc(C3(O)CCC(C(=O)O)CC3)s2)c1. The molecule has 0 radical (unpaired) electrons. The van der Waals surface area contributed by atoms with E-state index in [1.807, 2.05) is 31.2 Å². The van der Waals surface area contributed by atoms with Crippen molar-refractivity contribution in [2.75, 3.05) is 5.32 Å². The van der Waals surface area contributed by atoms with Crippen LogP contribution >= 0.6 is 11.3 Å². The van der Waals surface area contributed by atoms with Gasteiger partial charge in [0.2, 0.25) is 0 Å². The number of aromatic nitrogens is 6. The molecule has 4 aromatic rings. The normalized spacial score (nSPS) is 20.2. The molecular weight excluding hydrogens is 454 g/mol. The number of H-pyrrole nitrogens is 1. The first-order valence-corrected chi connectivity index (χ1v) is 11.7. The highest BCUT2D eigenvalue weighted by atomic mass is 32.1. The Labute approximate surface area is 199 Å². The first-order valence-electron chi connectivity index (χ1n) is 10.9. The second-order valence-corrected chi connectivity index (χ2v) is 9.53. The number of hydrogen-bond acceptors (Lipinski definition) is 9. The molecule has 1 aliphatic carbocycles. The van der Waals surface area contributed by atoms with Gasteiger partial charge in [0.25, 0.3) is 0 Å². The summed E-state index contributed by atoms with van der Waals surface area (Å²) in [6.07, 6.45) is 6.72. The fourth-order valence-electron chi connectivity index (χ4n) is 4.15. The number of thiazole rings is 1. The van der Waals surface area contributed by atoms with E-state index in [-0.39, 0.29) is 0 Å². The largest absolute Gasteiger partial charge is 0.481 e. The van der Waals surface area contributed by atoms with Crippen molar-refractivity contribution in [2.45, 2.75) is 38.2 Å². The molecule has 0 bridgehead atoms. The minimum absolute atomic E-state index is 0.387. The summed E-state index contributed by atoms with van der Waals surface area (Å²) in [5.74, 6) is 0.0598. The zero-order chi connectivity index (χ0) is 23.7. The van der Waals surface area contributed by atoms with Gasteiger partial charge >= 0.3 is 5.97 Å². The maximum absolute atomic E-state index is 11.2. The number of anilines is 2. The molecule has 1 saturated carbocycles. The van der Waals surface area contributed by atoms with Crippen molar-refractivity contribution < 1.29 is 15.0 Å². The van der Waals surface area contributed by atoms with Crippen LogP contribution in [0.25, 0.3) is 21.8 Å². The van der Waals surface area contributed by atoms with E-state index in [1.54, 1.807) is 18.6 Å². The zero-order valence-electron chi connectivity index (χ0n) is 18.4. The molecular formula is C23H23N7O3S. The van der Waals surface area contributed by atoms with Gasteiger partial charge in [-0.3, -0.25) is 4.79 Å². The molecule has 11 heteroatoms. The Morgan fingerprint density at radius 1 is 1.15 bits per heavy atom. The smallest absolute Gasteiger partial charge is 0.306 e. The molecule has 174 valence electrons. The minimum atomic E-state index is -1.09. The number of nitrogens with one attached hydrogen (secondary N) is 2. The monoisotopic (exact) mass is 477 g/mol. The molecule has 0 aromatic carbocycles. The predicted molar refractivity (Wildman–Crippen MR) is 126 cm³/mol. The van der Waals surface area contributed by atoms with Crippen LogP contribution in [0.4, 0.5) is 11.6 Å². The van der Waals surface area contributed by atoms with Gasteiger partial charge in [0.05, 0.1) is 22.7 Å². The predicted octanol–water partition coefficient (Wildman–Crippen LogP) is 3.90. The second kappa shape index (κ2) is 8.92. The van der Waals surface area contributed by atoms with Crippen molar-refractivity contribution in [2.24, 2.45) is 5.92 Å². The molecule has 0 spiro atoms. The number of aliphatic carboxylic acids is 1. The molecule has 1 fully saturated rings. The highest BCUT2D eigenvalue weighted by Crippen LogP contribution is 2.42. The van der Waals surface area contributed by atoms with Crippen LogP contribution in [0.1, 0.15) is 36.3 Å². The number of aliphatic hydroxyl groups is 1. The Bertz CT molecular complexity index is 1310. The van der Waals surface area contributed by atoms with Gasteiger partial charge in [-0.2, -0.15) is 15.4 Å². The van der Waals surface area contributed by atoms with E-state index in [1.165, 1.54) is 11.3 Å². The highest BCUT2D eigenvalue weighted by molar-refractivity contribution is 7.15. The van der Waals surface area contributed by atoms with Crippen molar-refractivity contribution in [1.82, 2.24) is 30.4 Å². The van der Waals surface area contributed by atoms with Gasteiger partial charge in [0.1, 0.15) is 27.9 Å². The van der Waals surface area contributed by atoms with Gasteiger partial charge in [-0.1, -0.05) is 0 Å². The third-order valence-electron chi connectivity index (χ3n) is 6.01. The molecule has 0 unspecified atom stereocenters. The lowest BCUT2D eigenvalue weighted by Gasteiger charge is -2.32. The van der Waals surface area contributed by atoms with Crippen LogP contribution < -0.4 is 5.32 Å². The summed E-state index contributed by atoms with van der Waals surface area (Å²) in [5.41, 5.74) is 2.25. The number of carboxylic acids is 1. The highest BCUT2D eigenvalue weighted by Gasteiger charge is 2.39. The van der Waals surface area contributed by atoms with Crippen molar-refractivity contribution in [1.29, 1.82) is 0 Å². The zero-order valence-corrected chi connectivity index (χ0v) is 19.2. The number of aromatic amines is 1. The van der Waals surface area contributed by atoms with Gasteiger partial charge in [0, 0.05) is 18.0 Å². The number of nitrogens with zero attached hydrogens (tertiary/aromatic N) is 5. The van der Waals surface area contributed by atoms with Gasteiger partial charge < -0.3 is 15.5 Å². The third kappa shape index (κ3) is 4.52. The first kappa shape index (κ1) is 22.1. The summed E-state index contributed by atoms with van der Waals surface area (Å²) < 4.78 is 0. The van der Waals surface area contributed by atoms with Crippen LogP contribution in [0.5, 0.6) is 0 Å². The molecule has 5 rings (SSSR count). The number of carboxylic acid groups (broad SMARTS) is 1. The summed E-state index contributed by atoms with van der Waals surface area (Å²) in [6, 6.07) is 7.62. The van der Waals surface area contributed by atoms with Crippen molar-refractivity contribution in [3.05, 3.63) is 53.4 Å². The van der Waals surface area contributed by atoms with Crippen LogP contribution in [0.3, 0.4) is 0 Å². The Morgan fingerprint density at radius 2 is 1.97 bits per heavy atom. The fraction of sp³-hybridized carbons (Fsp3) is 0.304. The lowest BCUT2D eigenvalue weighted by molar-refractivity contribution is -0.145. The van der Waals surface area contributed by atoms with Crippen LogP contribution in [0, 0.1) is 12.8 Å². The molecule has 4 N–H and O–H groups in total. The van der Waals surface area contributed by atoms with Gasteiger partial charge in [-0.05, 0) is 62.4 Å². The first-order chi connectivity index (χ1) is 16.4. The second-order valence-electron chi connectivity index (χ2n) is 8.50. The van der Waals surface area contributed by atoms with Crippen molar-refractivity contribution in [3.8, 4) is 21.8 Å².